The number of para-hydroxylation sites is 1. The third-order valence-electron chi connectivity index (χ3n) is 5.24. The van der Waals surface area contributed by atoms with E-state index in [-0.39, 0.29) is 34.6 Å². The maximum absolute atomic E-state index is 13.2. The molecular weight excluding hydrogens is 362 g/mol. The third-order valence-corrected chi connectivity index (χ3v) is 5.24. The Kier molecular flexibility index (Phi) is 4.30. The molecule has 1 aliphatic rings. The lowest BCUT2D eigenvalue weighted by Gasteiger charge is -2.18. The lowest BCUT2D eigenvalue weighted by Crippen LogP contribution is -2.28. The lowest BCUT2D eigenvalue weighted by molar-refractivity contribution is -0.140. The second-order valence-electron chi connectivity index (χ2n) is 6.94. The molecule has 2 aromatic heterocycles. The summed E-state index contributed by atoms with van der Waals surface area (Å²) in [6.07, 6.45) is 0.480. The molecule has 7 nitrogen and oxygen atoms in total. The van der Waals surface area contributed by atoms with Crippen LogP contribution in [0, 0.1) is 6.92 Å². The van der Waals surface area contributed by atoms with Crippen LogP contribution in [0.25, 0.3) is 10.9 Å². The second-order valence-corrected chi connectivity index (χ2v) is 6.94. The zero-order chi connectivity index (χ0) is 20.0. The first-order valence-corrected chi connectivity index (χ1v) is 8.96. The normalized spacial score (nSPS) is 13.6. The third kappa shape index (κ3) is 2.79. The Morgan fingerprint density at radius 3 is 2.82 bits per heavy atom. The van der Waals surface area contributed by atoms with Crippen LogP contribution >= 0.6 is 0 Å². The largest absolute Gasteiger partial charge is 0.507 e. The number of pyridine rings is 1. The number of hydrogen-bond donors (Lipinski definition) is 1. The molecule has 144 valence electrons. The maximum Gasteiger partial charge on any atom is 0.343 e. The van der Waals surface area contributed by atoms with Crippen molar-refractivity contribution < 1.29 is 19.1 Å². The average Bonchev–Trinajstić information content (AvgIpc) is 3.08. The fourth-order valence-electron chi connectivity index (χ4n) is 3.98. The molecule has 3 heterocycles. The van der Waals surface area contributed by atoms with Gasteiger partial charge in [-0.2, -0.15) is 0 Å². The van der Waals surface area contributed by atoms with Crippen molar-refractivity contribution in [2.45, 2.75) is 32.2 Å². The summed E-state index contributed by atoms with van der Waals surface area (Å²) in [6, 6.07) is 8.77. The van der Waals surface area contributed by atoms with Crippen LogP contribution in [-0.4, -0.2) is 22.8 Å². The van der Waals surface area contributed by atoms with Gasteiger partial charge >= 0.3 is 11.6 Å². The van der Waals surface area contributed by atoms with Crippen LogP contribution < -0.4 is 11.2 Å². The topological polar surface area (TPSA) is 98.7 Å². The van der Waals surface area contributed by atoms with Gasteiger partial charge in [-0.1, -0.05) is 18.2 Å². The number of nitrogens with zero attached hydrogens (tertiary/aromatic N) is 1. The summed E-state index contributed by atoms with van der Waals surface area (Å²) in [5.74, 6) is -1.65. The van der Waals surface area contributed by atoms with Crippen molar-refractivity contribution in [3.05, 3.63) is 73.6 Å². The smallest absolute Gasteiger partial charge is 0.343 e. The molecule has 1 N–H and O–H groups in total. The predicted octanol–water partition coefficient (Wildman–Crippen LogP) is 2.22. The van der Waals surface area contributed by atoms with Gasteiger partial charge in [0.05, 0.1) is 24.6 Å². The highest BCUT2D eigenvalue weighted by Crippen LogP contribution is 2.33. The van der Waals surface area contributed by atoms with E-state index in [0.717, 1.165) is 22.9 Å². The molecule has 0 saturated heterocycles. The highest BCUT2D eigenvalue weighted by atomic mass is 16.5. The quantitative estimate of drug-likeness (QED) is 0.696. The van der Waals surface area contributed by atoms with E-state index in [1.807, 2.05) is 18.2 Å². The monoisotopic (exact) mass is 381 g/mol. The maximum atomic E-state index is 13.2. The summed E-state index contributed by atoms with van der Waals surface area (Å²) in [6.45, 7) is 2.06. The van der Waals surface area contributed by atoms with Gasteiger partial charge in [0, 0.05) is 24.1 Å². The molecule has 0 radical (unpaired) electrons. The van der Waals surface area contributed by atoms with E-state index in [1.54, 1.807) is 10.6 Å². The Bertz CT molecular complexity index is 1220. The molecular formula is C21H19NO6. The molecule has 1 aromatic carbocycles. The number of aryl methyl sites for hydroxylation is 3. The van der Waals surface area contributed by atoms with Gasteiger partial charge in [0.2, 0.25) is 0 Å². The van der Waals surface area contributed by atoms with Gasteiger partial charge < -0.3 is 18.8 Å². The fraction of sp³-hybridized carbons (Fsp3) is 0.286. The summed E-state index contributed by atoms with van der Waals surface area (Å²) in [7, 11) is 1.23. The summed E-state index contributed by atoms with van der Waals surface area (Å²) in [5.41, 5.74) is 1.03. The molecule has 28 heavy (non-hydrogen) atoms. The van der Waals surface area contributed by atoms with Gasteiger partial charge in [0.15, 0.2) is 0 Å². The van der Waals surface area contributed by atoms with E-state index in [1.165, 1.54) is 20.1 Å². The van der Waals surface area contributed by atoms with Gasteiger partial charge in [-0.05, 0) is 30.4 Å². The minimum atomic E-state index is -0.978. The highest BCUT2D eigenvalue weighted by molar-refractivity contribution is 5.84. The molecule has 0 aliphatic carbocycles. The van der Waals surface area contributed by atoms with Crippen molar-refractivity contribution in [2.24, 2.45) is 0 Å². The van der Waals surface area contributed by atoms with E-state index >= 15 is 0 Å². The Hall–Kier alpha value is -3.35. The number of carbonyl (C=O) groups excluding carboxylic acids is 1. The summed E-state index contributed by atoms with van der Waals surface area (Å²) in [5, 5.41) is 11.3. The number of benzene rings is 1. The van der Waals surface area contributed by atoms with E-state index in [9.17, 15) is 19.5 Å². The van der Waals surface area contributed by atoms with Gasteiger partial charge in [-0.3, -0.25) is 9.59 Å². The van der Waals surface area contributed by atoms with Crippen LogP contribution in [0.4, 0.5) is 0 Å². The van der Waals surface area contributed by atoms with Crippen LogP contribution in [0.1, 0.15) is 34.8 Å². The molecule has 0 amide bonds. The van der Waals surface area contributed by atoms with Crippen LogP contribution in [0.2, 0.25) is 0 Å². The van der Waals surface area contributed by atoms with Gasteiger partial charge in [0.1, 0.15) is 11.5 Å². The summed E-state index contributed by atoms with van der Waals surface area (Å²) in [4.78, 5) is 37.8. The molecule has 4 rings (SSSR count). The lowest BCUT2D eigenvalue weighted by atomic mass is 9.88. The van der Waals surface area contributed by atoms with E-state index in [0.29, 0.717) is 6.54 Å². The Morgan fingerprint density at radius 1 is 1.32 bits per heavy atom. The molecule has 7 heteroatoms. The predicted molar refractivity (Wildman–Crippen MR) is 102 cm³/mol. The Labute approximate surface area is 159 Å². The van der Waals surface area contributed by atoms with Crippen molar-refractivity contribution in [2.75, 3.05) is 7.11 Å². The van der Waals surface area contributed by atoms with Crippen LogP contribution in [0.15, 0.2) is 44.3 Å². The summed E-state index contributed by atoms with van der Waals surface area (Å²) >= 11 is 0. The summed E-state index contributed by atoms with van der Waals surface area (Å²) < 4.78 is 11.5. The number of ether oxygens (including phenoxy) is 1. The van der Waals surface area contributed by atoms with Gasteiger partial charge in [-0.15, -0.1) is 0 Å². The molecule has 1 aliphatic heterocycles. The van der Waals surface area contributed by atoms with Crippen LogP contribution in [-0.2, 0) is 22.5 Å². The number of carbonyl (C=O) groups is 1. The van der Waals surface area contributed by atoms with Crippen molar-refractivity contribution in [3.63, 3.8) is 0 Å². The Balaban J connectivity index is 2.00. The first kappa shape index (κ1) is 18.0. The Morgan fingerprint density at radius 2 is 2.11 bits per heavy atom. The second kappa shape index (κ2) is 6.67. The SMILES string of the molecule is COC(=O)C[C@H](c1c(O)cc(C)oc1=O)c1cc2cccc3c2n(c1=O)CC3. The number of aromatic hydroxyl groups is 1. The first-order valence-electron chi connectivity index (χ1n) is 8.96. The van der Waals surface area contributed by atoms with Gasteiger partial charge in [-0.25, -0.2) is 4.79 Å². The minimum absolute atomic E-state index is 0.116. The van der Waals surface area contributed by atoms with Crippen LogP contribution in [0.3, 0.4) is 0 Å². The number of hydrogen-bond acceptors (Lipinski definition) is 6. The molecule has 0 unspecified atom stereocenters. The first-order chi connectivity index (χ1) is 13.4. The molecule has 3 aromatic rings. The van der Waals surface area contributed by atoms with Gasteiger partial charge in [0.25, 0.3) is 5.56 Å². The fourth-order valence-corrected chi connectivity index (χ4v) is 3.98. The van der Waals surface area contributed by atoms with Crippen LogP contribution in [0.5, 0.6) is 5.75 Å². The number of aromatic nitrogens is 1. The van der Waals surface area contributed by atoms with Crippen molar-refractivity contribution in [3.8, 4) is 5.75 Å². The molecule has 0 saturated carbocycles. The minimum Gasteiger partial charge on any atom is -0.507 e. The van der Waals surface area contributed by atoms with Crippen molar-refractivity contribution in [1.29, 1.82) is 0 Å². The number of methoxy groups -OCH3 is 1. The molecule has 1 atom stereocenters. The average molecular weight is 381 g/mol. The number of esters is 1. The molecule has 0 bridgehead atoms. The number of rotatable bonds is 4. The van der Waals surface area contributed by atoms with Crippen molar-refractivity contribution >= 4 is 16.9 Å². The zero-order valence-electron chi connectivity index (χ0n) is 15.5. The zero-order valence-corrected chi connectivity index (χ0v) is 15.5. The molecule has 0 fully saturated rings. The standard InChI is InChI=1S/C21H19NO6/c1-11-8-16(23)18(21(26)28-11)14(10-17(24)27-2)15-9-13-5-3-4-12-6-7-22(19(12)13)20(15)25/h3-5,8-9,14,23H,6-7,10H2,1-2H3/t14-/m0/s1. The van der Waals surface area contributed by atoms with Crippen molar-refractivity contribution in [1.82, 2.24) is 4.57 Å². The van der Waals surface area contributed by atoms with E-state index < -0.39 is 17.5 Å². The molecule has 0 spiro atoms. The highest BCUT2D eigenvalue weighted by Gasteiger charge is 2.30. The van der Waals surface area contributed by atoms with E-state index in [2.05, 4.69) is 0 Å². The van der Waals surface area contributed by atoms with E-state index in [4.69, 9.17) is 9.15 Å².